The molecule has 2 aromatic rings. The molecule has 0 aliphatic carbocycles. The number of rotatable bonds is 12. The Bertz CT molecular complexity index is 1090. The normalized spacial score (nSPS) is 14.0. The van der Waals surface area contributed by atoms with E-state index in [1.807, 2.05) is 24.3 Å². The van der Waals surface area contributed by atoms with E-state index in [9.17, 15) is 10.1 Å². The summed E-state index contributed by atoms with van der Waals surface area (Å²) in [4.78, 5) is 14.9. The minimum absolute atomic E-state index is 0.00495. The Balaban J connectivity index is 1.56. The van der Waals surface area contributed by atoms with E-state index in [0.717, 1.165) is 38.4 Å². The molecule has 0 bridgehead atoms. The van der Waals surface area contributed by atoms with Crippen molar-refractivity contribution >= 4 is 12.0 Å². The maximum Gasteiger partial charge on any atom is 0.261 e. The first-order valence-corrected chi connectivity index (χ1v) is 11.8. The van der Waals surface area contributed by atoms with Crippen molar-refractivity contribution in [2.24, 2.45) is 0 Å². The number of morpholine rings is 1. The summed E-state index contributed by atoms with van der Waals surface area (Å²) in [7, 11) is 4.71. The zero-order valence-electron chi connectivity index (χ0n) is 21.0. The Morgan fingerprint density at radius 2 is 1.72 bits per heavy atom. The molecule has 0 saturated carbocycles. The zero-order valence-corrected chi connectivity index (χ0v) is 21.0. The van der Waals surface area contributed by atoms with Crippen LogP contribution in [-0.4, -0.2) is 78.1 Å². The molecule has 0 unspecified atom stereocenters. The number of carbonyl (C=O) groups is 1. The number of nitrogens with one attached hydrogen (secondary N) is 1. The maximum atomic E-state index is 12.6. The van der Waals surface area contributed by atoms with Gasteiger partial charge >= 0.3 is 0 Å². The van der Waals surface area contributed by atoms with Gasteiger partial charge in [0.05, 0.1) is 34.5 Å². The van der Waals surface area contributed by atoms with Gasteiger partial charge in [0.25, 0.3) is 5.91 Å². The van der Waals surface area contributed by atoms with Crippen LogP contribution in [0.5, 0.6) is 23.0 Å². The second kappa shape index (κ2) is 14.0. The summed E-state index contributed by atoms with van der Waals surface area (Å²) in [5, 5.41) is 12.3. The third-order valence-corrected chi connectivity index (χ3v) is 5.78. The second-order valence-electron chi connectivity index (χ2n) is 8.08. The number of amides is 1. The van der Waals surface area contributed by atoms with Crippen molar-refractivity contribution in [2.45, 2.75) is 6.42 Å². The van der Waals surface area contributed by atoms with Crippen LogP contribution in [0.15, 0.2) is 42.0 Å². The summed E-state index contributed by atoms with van der Waals surface area (Å²) in [6.07, 6.45) is 2.11. The van der Waals surface area contributed by atoms with Gasteiger partial charge in [0.1, 0.15) is 18.2 Å². The summed E-state index contributed by atoms with van der Waals surface area (Å²) >= 11 is 0. The maximum absolute atomic E-state index is 12.6. The molecule has 1 saturated heterocycles. The van der Waals surface area contributed by atoms with Gasteiger partial charge in [0.15, 0.2) is 23.0 Å². The van der Waals surface area contributed by atoms with Crippen LogP contribution in [-0.2, 0) is 16.0 Å². The highest BCUT2D eigenvalue weighted by molar-refractivity contribution is 6.01. The van der Waals surface area contributed by atoms with Crippen LogP contribution in [0.3, 0.4) is 0 Å². The van der Waals surface area contributed by atoms with Gasteiger partial charge in [0, 0.05) is 26.2 Å². The summed E-state index contributed by atoms with van der Waals surface area (Å²) < 4.78 is 27.3. The van der Waals surface area contributed by atoms with Gasteiger partial charge in [-0.15, -0.1) is 0 Å². The quantitative estimate of drug-likeness (QED) is 0.354. The molecule has 0 atom stereocenters. The lowest BCUT2D eigenvalue weighted by Crippen LogP contribution is -2.38. The lowest BCUT2D eigenvalue weighted by atomic mass is 10.1. The first-order valence-electron chi connectivity index (χ1n) is 11.8. The Hall–Kier alpha value is -3.74. The highest BCUT2D eigenvalue weighted by atomic mass is 16.5. The van der Waals surface area contributed by atoms with Crippen LogP contribution in [0.2, 0.25) is 0 Å². The molecule has 9 nitrogen and oxygen atoms in total. The van der Waals surface area contributed by atoms with E-state index >= 15 is 0 Å². The van der Waals surface area contributed by atoms with Crippen LogP contribution in [0.4, 0.5) is 0 Å². The molecule has 192 valence electrons. The van der Waals surface area contributed by atoms with Crippen LogP contribution in [0, 0.1) is 11.3 Å². The summed E-state index contributed by atoms with van der Waals surface area (Å²) in [5.41, 5.74) is 1.65. The Labute approximate surface area is 212 Å². The van der Waals surface area contributed by atoms with Gasteiger partial charge in [-0.05, 0) is 47.9 Å². The minimum atomic E-state index is -0.442. The average Bonchev–Trinajstić information content (AvgIpc) is 2.92. The van der Waals surface area contributed by atoms with Gasteiger partial charge in [-0.1, -0.05) is 12.1 Å². The molecular weight excluding hydrogens is 462 g/mol. The molecule has 1 amide bonds. The zero-order chi connectivity index (χ0) is 25.8. The summed E-state index contributed by atoms with van der Waals surface area (Å²) in [6.45, 7) is 4.99. The molecule has 9 heteroatoms. The monoisotopic (exact) mass is 495 g/mol. The highest BCUT2D eigenvalue weighted by Crippen LogP contribution is 2.29. The van der Waals surface area contributed by atoms with Gasteiger partial charge in [-0.25, -0.2) is 0 Å². The van der Waals surface area contributed by atoms with Crippen molar-refractivity contribution in [1.82, 2.24) is 10.2 Å². The smallest absolute Gasteiger partial charge is 0.261 e. The fourth-order valence-corrected chi connectivity index (χ4v) is 3.77. The van der Waals surface area contributed by atoms with E-state index in [4.69, 9.17) is 23.7 Å². The molecule has 36 heavy (non-hydrogen) atoms. The predicted octanol–water partition coefficient (Wildman–Crippen LogP) is 2.69. The summed E-state index contributed by atoms with van der Waals surface area (Å²) in [5.74, 6) is 1.98. The first-order chi connectivity index (χ1) is 17.6. The summed E-state index contributed by atoms with van der Waals surface area (Å²) in [6, 6.07) is 12.9. The van der Waals surface area contributed by atoms with Gasteiger partial charge in [-0.3, -0.25) is 9.69 Å². The molecule has 0 spiro atoms. The molecule has 0 radical (unpaired) electrons. The molecule has 1 aliphatic rings. The second-order valence-corrected chi connectivity index (χ2v) is 8.08. The molecular formula is C27H33N3O6. The number of nitriles is 1. The van der Waals surface area contributed by atoms with Gasteiger partial charge in [-0.2, -0.15) is 5.26 Å². The predicted molar refractivity (Wildman–Crippen MR) is 136 cm³/mol. The largest absolute Gasteiger partial charge is 0.493 e. The van der Waals surface area contributed by atoms with E-state index in [1.54, 1.807) is 39.5 Å². The molecule has 1 heterocycles. The van der Waals surface area contributed by atoms with Crippen molar-refractivity contribution in [2.75, 3.05) is 67.3 Å². The SMILES string of the molecule is COc1ccc(CCNC(=O)C(C#N)=Cc2ccc(OCCN3CCOCC3)c(OC)c2)cc1OC. The lowest BCUT2D eigenvalue weighted by molar-refractivity contribution is -0.117. The topological polar surface area (TPSA) is 102 Å². The molecule has 1 fully saturated rings. The van der Waals surface area contributed by atoms with Crippen LogP contribution in [0.25, 0.3) is 6.08 Å². The van der Waals surface area contributed by atoms with E-state index in [0.29, 0.717) is 48.1 Å². The molecule has 2 aromatic carbocycles. The van der Waals surface area contributed by atoms with Gasteiger partial charge in [0.2, 0.25) is 0 Å². The number of ether oxygens (including phenoxy) is 5. The Morgan fingerprint density at radius 1 is 1.03 bits per heavy atom. The van der Waals surface area contributed by atoms with E-state index in [-0.39, 0.29) is 5.57 Å². The standard InChI is InChI=1S/C27H33N3O6/c1-32-23-6-4-20(17-25(23)33-2)8-9-29-27(31)22(19-28)16-21-5-7-24(26(18-21)34-3)36-15-12-30-10-13-35-14-11-30/h4-7,16-18H,8-15H2,1-3H3,(H,29,31). The number of benzene rings is 2. The number of methoxy groups -OCH3 is 3. The number of hydrogen-bond donors (Lipinski definition) is 1. The van der Waals surface area contributed by atoms with Crippen molar-refractivity contribution < 1.29 is 28.5 Å². The van der Waals surface area contributed by atoms with E-state index in [1.165, 1.54) is 6.08 Å². The average molecular weight is 496 g/mol. The number of nitrogens with zero attached hydrogens (tertiary/aromatic N) is 2. The molecule has 0 aromatic heterocycles. The van der Waals surface area contributed by atoms with Gasteiger partial charge < -0.3 is 29.0 Å². The lowest BCUT2D eigenvalue weighted by Gasteiger charge is -2.26. The van der Waals surface area contributed by atoms with Crippen LogP contribution >= 0.6 is 0 Å². The number of carbonyl (C=O) groups excluding carboxylic acids is 1. The fourth-order valence-electron chi connectivity index (χ4n) is 3.77. The Kier molecular flexibility index (Phi) is 10.4. The molecule has 3 rings (SSSR count). The Morgan fingerprint density at radius 3 is 2.42 bits per heavy atom. The van der Waals surface area contributed by atoms with Crippen molar-refractivity contribution in [3.63, 3.8) is 0 Å². The third-order valence-electron chi connectivity index (χ3n) is 5.78. The molecule has 1 N–H and O–H groups in total. The van der Waals surface area contributed by atoms with E-state index in [2.05, 4.69) is 10.2 Å². The fraction of sp³-hybridized carbons (Fsp3) is 0.407. The minimum Gasteiger partial charge on any atom is -0.493 e. The van der Waals surface area contributed by atoms with Crippen molar-refractivity contribution in [1.29, 1.82) is 5.26 Å². The van der Waals surface area contributed by atoms with Crippen molar-refractivity contribution in [3.8, 4) is 29.1 Å². The number of hydrogen-bond acceptors (Lipinski definition) is 8. The third kappa shape index (κ3) is 7.63. The van der Waals surface area contributed by atoms with Crippen LogP contribution < -0.4 is 24.3 Å². The van der Waals surface area contributed by atoms with E-state index < -0.39 is 5.91 Å². The molecule has 1 aliphatic heterocycles. The highest BCUT2D eigenvalue weighted by Gasteiger charge is 2.13. The first kappa shape index (κ1) is 26.9. The van der Waals surface area contributed by atoms with Crippen molar-refractivity contribution in [3.05, 3.63) is 53.1 Å². The van der Waals surface area contributed by atoms with Crippen LogP contribution in [0.1, 0.15) is 11.1 Å².